The number of fused-ring (bicyclic) bond motifs is 2. The van der Waals surface area contributed by atoms with E-state index in [9.17, 15) is 9.18 Å². The van der Waals surface area contributed by atoms with E-state index in [1.807, 2.05) is 25.4 Å². The Morgan fingerprint density at radius 1 is 1.26 bits per heavy atom. The zero-order chi connectivity index (χ0) is 23.9. The van der Waals surface area contributed by atoms with E-state index in [1.165, 1.54) is 6.92 Å². The normalized spacial score (nSPS) is 17.4. The molecule has 4 aromatic rings. The van der Waals surface area contributed by atoms with Crippen LogP contribution in [0.2, 0.25) is 0 Å². The Morgan fingerprint density at radius 2 is 2.12 bits per heavy atom. The van der Waals surface area contributed by atoms with Gasteiger partial charge in [0.1, 0.15) is 0 Å². The van der Waals surface area contributed by atoms with Crippen molar-refractivity contribution in [3.63, 3.8) is 0 Å². The van der Waals surface area contributed by atoms with Crippen molar-refractivity contribution in [3.8, 4) is 17.0 Å². The van der Waals surface area contributed by atoms with Crippen molar-refractivity contribution in [2.24, 2.45) is 7.05 Å². The van der Waals surface area contributed by atoms with Gasteiger partial charge in [0, 0.05) is 36.0 Å². The van der Waals surface area contributed by atoms with Crippen molar-refractivity contribution in [2.45, 2.75) is 25.7 Å². The number of hydrogen-bond acceptors (Lipinski definition) is 6. The number of carbonyl (C=O) groups is 1. The fraction of sp³-hybridized carbons (Fsp3) is 0.280. The number of methoxy groups -OCH3 is 1. The average molecular weight is 461 g/mol. The second-order valence-electron chi connectivity index (χ2n) is 8.56. The van der Waals surface area contributed by atoms with Crippen LogP contribution in [0.5, 0.6) is 5.88 Å². The van der Waals surface area contributed by atoms with Crippen LogP contribution >= 0.6 is 0 Å². The van der Waals surface area contributed by atoms with Gasteiger partial charge >= 0.3 is 0 Å². The Balaban J connectivity index is 1.35. The topological polar surface area (TPSA) is 91.2 Å². The van der Waals surface area contributed by atoms with E-state index < -0.39 is 5.67 Å². The van der Waals surface area contributed by atoms with Gasteiger partial charge in [-0.2, -0.15) is 0 Å². The molecule has 8 nitrogen and oxygen atoms in total. The molecule has 3 aromatic heterocycles. The first kappa shape index (κ1) is 22.0. The number of ether oxygens (including phenoxy) is 2. The highest BCUT2D eigenvalue weighted by Crippen LogP contribution is 2.34. The van der Waals surface area contributed by atoms with Crippen molar-refractivity contribution in [2.75, 3.05) is 13.7 Å². The highest BCUT2D eigenvalue weighted by atomic mass is 19.1. The van der Waals surface area contributed by atoms with Gasteiger partial charge in [-0.05, 0) is 42.3 Å². The van der Waals surface area contributed by atoms with Crippen LogP contribution in [0.15, 0.2) is 48.9 Å². The smallest absolute Gasteiger partial charge is 0.251 e. The molecule has 0 saturated heterocycles. The number of amides is 1. The van der Waals surface area contributed by atoms with Crippen LogP contribution in [0.25, 0.3) is 22.0 Å². The predicted molar refractivity (Wildman–Crippen MR) is 124 cm³/mol. The third kappa shape index (κ3) is 4.10. The quantitative estimate of drug-likeness (QED) is 0.488. The molecule has 34 heavy (non-hydrogen) atoms. The van der Waals surface area contributed by atoms with Crippen LogP contribution in [-0.4, -0.2) is 39.4 Å². The lowest BCUT2D eigenvalue weighted by Gasteiger charge is -2.29. The first-order chi connectivity index (χ1) is 16.3. The fourth-order valence-corrected chi connectivity index (χ4v) is 4.17. The molecule has 1 N–H and O–H groups in total. The first-order valence-corrected chi connectivity index (χ1v) is 10.8. The van der Waals surface area contributed by atoms with Crippen molar-refractivity contribution >= 4 is 16.8 Å². The fourth-order valence-electron chi connectivity index (χ4n) is 4.17. The number of aryl methyl sites for hydroxylation is 1. The molecule has 1 amide bonds. The summed E-state index contributed by atoms with van der Waals surface area (Å²) < 4.78 is 27.2. The summed E-state index contributed by atoms with van der Waals surface area (Å²) in [5.74, 6) is 0.227. The summed E-state index contributed by atoms with van der Waals surface area (Å²) in [5.41, 5.74) is 3.16. The van der Waals surface area contributed by atoms with Gasteiger partial charge in [0.2, 0.25) is 5.88 Å². The molecule has 1 aliphatic rings. The molecule has 174 valence electrons. The van der Waals surface area contributed by atoms with Gasteiger partial charge in [0.05, 0.1) is 49.8 Å². The highest BCUT2D eigenvalue weighted by molar-refractivity contribution is 5.94. The number of carbonyl (C=O) groups excluding carboxylic acids is 1. The molecule has 5 rings (SSSR count). The molecule has 0 unspecified atom stereocenters. The van der Waals surface area contributed by atoms with E-state index in [2.05, 4.69) is 20.4 Å². The van der Waals surface area contributed by atoms with Crippen LogP contribution in [0, 0.1) is 0 Å². The maximum atomic E-state index is 14.8. The van der Waals surface area contributed by atoms with Gasteiger partial charge in [-0.3, -0.25) is 19.4 Å². The maximum Gasteiger partial charge on any atom is 0.251 e. The van der Waals surface area contributed by atoms with E-state index in [4.69, 9.17) is 9.47 Å². The molecule has 1 aromatic carbocycles. The van der Waals surface area contributed by atoms with E-state index in [0.717, 1.165) is 27.6 Å². The first-order valence-electron chi connectivity index (χ1n) is 10.8. The van der Waals surface area contributed by atoms with E-state index in [-0.39, 0.29) is 19.1 Å². The average Bonchev–Trinajstić information content (AvgIpc) is 3.22. The Kier molecular flexibility index (Phi) is 5.49. The summed E-state index contributed by atoms with van der Waals surface area (Å²) in [6.45, 7) is 2.02. The monoisotopic (exact) mass is 461 g/mol. The zero-order valence-corrected chi connectivity index (χ0v) is 19.1. The number of pyridine rings is 2. The van der Waals surface area contributed by atoms with E-state index >= 15 is 0 Å². The van der Waals surface area contributed by atoms with E-state index in [1.54, 1.807) is 42.4 Å². The van der Waals surface area contributed by atoms with Crippen molar-refractivity contribution < 1.29 is 18.7 Å². The summed E-state index contributed by atoms with van der Waals surface area (Å²) in [5, 5.41) is 8.05. The van der Waals surface area contributed by atoms with Crippen LogP contribution in [0.1, 0.15) is 34.1 Å². The SMILES string of the molecule is COc1nn(C)cc1-c1cnc2cnc(CNC(=O)c3ccc4c(c3)[C@](C)(F)COC4)cc2c1. The molecule has 0 radical (unpaired) electrons. The van der Waals surface area contributed by atoms with Crippen LogP contribution in [0.4, 0.5) is 4.39 Å². The summed E-state index contributed by atoms with van der Waals surface area (Å²) in [6, 6.07) is 8.92. The Hall–Kier alpha value is -3.85. The predicted octanol–water partition coefficient (Wildman–Crippen LogP) is 3.68. The van der Waals surface area contributed by atoms with E-state index in [0.29, 0.717) is 29.3 Å². The summed E-state index contributed by atoms with van der Waals surface area (Å²) in [4.78, 5) is 21.7. The number of rotatable bonds is 5. The van der Waals surface area contributed by atoms with Crippen molar-refractivity contribution in [1.82, 2.24) is 25.1 Å². The molecule has 1 aliphatic heterocycles. The molecular formula is C25H24FN5O3. The Labute approximate surface area is 195 Å². The van der Waals surface area contributed by atoms with Crippen LogP contribution < -0.4 is 10.1 Å². The van der Waals surface area contributed by atoms with Gasteiger partial charge in [0.15, 0.2) is 5.67 Å². The van der Waals surface area contributed by atoms with Gasteiger partial charge < -0.3 is 14.8 Å². The third-order valence-electron chi connectivity index (χ3n) is 5.92. The van der Waals surface area contributed by atoms with Gasteiger partial charge in [-0.25, -0.2) is 4.39 Å². The number of nitrogens with zero attached hydrogens (tertiary/aromatic N) is 4. The summed E-state index contributed by atoms with van der Waals surface area (Å²) in [6.07, 6.45) is 5.30. The molecule has 0 saturated carbocycles. The second-order valence-corrected chi connectivity index (χ2v) is 8.56. The summed E-state index contributed by atoms with van der Waals surface area (Å²) in [7, 11) is 3.41. The number of alkyl halides is 1. The Morgan fingerprint density at radius 3 is 2.94 bits per heavy atom. The zero-order valence-electron chi connectivity index (χ0n) is 19.1. The lowest BCUT2D eigenvalue weighted by molar-refractivity contribution is -0.00467. The number of nitrogens with one attached hydrogen (secondary N) is 1. The van der Waals surface area contributed by atoms with Crippen molar-refractivity contribution in [1.29, 1.82) is 0 Å². The second kappa shape index (κ2) is 8.49. The summed E-state index contributed by atoms with van der Waals surface area (Å²) >= 11 is 0. The minimum atomic E-state index is -1.62. The number of aromatic nitrogens is 4. The largest absolute Gasteiger partial charge is 0.479 e. The van der Waals surface area contributed by atoms with Crippen LogP contribution in [0.3, 0.4) is 0 Å². The third-order valence-corrected chi connectivity index (χ3v) is 5.92. The molecule has 9 heteroatoms. The number of hydrogen-bond donors (Lipinski definition) is 1. The van der Waals surface area contributed by atoms with Gasteiger partial charge in [0.25, 0.3) is 5.91 Å². The minimum absolute atomic E-state index is 0.0208. The highest BCUT2D eigenvalue weighted by Gasteiger charge is 2.33. The number of benzene rings is 1. The minimum Gasteiger partial charge on any atom is -0.479 e. The standard InChI is InChI=1S/C25H24FN5O3/c1-25(26)14-34-13-16-5-4-15(8-21(16)25)23(32)29-10-19-7-17-6-18(9-28-22(17)11-27-19)20-12-31(2)30-24(20)33-3/h4-9,11-12H,10,13-14H2,1-3H3,(H,29,32)/t25-/m1/s1. The lowest BCUT2D eigenvalue weighted by Crippen LogP contribution is -2.30. The molecule has 0 aliphatic carbocycles. The van der Waals surface area contributed by atoms with Gasteiger partial charge in [-0.1, -0.05) is 6.07 Å². The molecular weight excluding hydrogens is 437 g/mol. The Bertz CT molecular complexity index is 1400. The molecule has 4 heterocycles. The van der Waals surface area contributed by atoms with Gasteiger partial charge in [-0.15, -0.1) is 5.10 Å². The number of halogens is 1. The van der Waals surface area contributed by atoms with Crippen LogP contribution in [-0.2, 0) is 30.6 Å². The lowest BCUT2D eigenvalue weighted by atomic mass is 9.90. The molecule has 0 bridgehead atoms. The molecule has 1 atom stereocenters. The maximum absolute atomic E-state index is 14.8. The van der Waals surface area contributed by atoms with Crippen molar-refractivity contribution in [3.05, 3.63) is 71.3 Å². The molecule has 0 fully saturated rings. The molecule has 0 spiro atoms.